The maximum absolute atomic E-state index is 13.8. The molecule has 0 bridgehead atoms. The summed E-state index contributed by atoms with van der Waals surface area (Å²) < 4.78 is 13.8. The van der Waals surface area contributed by atoms with Gasteiger partial charge in [0, 0.05) is 17.4 Å². The van der Waals surface area contributed by atoms with Crippen molar-refractivity contribution in [3.05, 3.63) is 65.8 Å². The molecule has 0 amide bonds. The molecule has 7 heteroatoms. The summed E-state index contributed by atoms with van der Waals surface area (Å²) >= 11 is 7.44. The Morgan fingerprint density at radius 2 is 2.00 bits per heavy atom. The fourth-order valence-electron chi connectivity index (χ4n) is 2.12. The van der Waals surface area contributed by atoms with Crippen LogP contribution in [0.1, 0.15) is 0 Å². The molecule has 0 saturated carbocycles. The van der Waals surface area contributed by atoms with E-state index in [1.807, 2.05) is 12.3 Å². The molecule has 0 aliphatic rings. The first-order valence-electron chi connectivity index (χ1n) is 6.70. The Bertz CT molecular complexity index is 796. The molecular formula is C16H12ClFN4S. The van der Waals surface area contributed by atoms with Crippen molar-refractivity contribution in [1.82, 2.24) is 15.0 Å². The average molecular weight is 347 g/mol. The van der Waals surface area contributed by atoms with E-state index in [0.29, 0.717) is 21.7 Å². The largest absolute Gasteiger partial charge is 0.293 e. The molecular weight excluding hydrogens is 335 g/mol. The number of rotatable bonds is 4. The highest BCUT2D eigenvalue weighted by Crippen LogP contribution is 2.34. The highest BCUT2D eigenvalue weighted by molar-refractivity contribution is 7.98. The van der Waals surface area contributed by atoms with Crippen LogP contribution >= 0.6 is 23.4 Å². The van der Waals surface area contributed by atoms with Gasteiger partial charge in [-0.2, -0.15) is 0 Å². The fourth-order valence-corrected chi connectivity index (χ4v) is 2.69. The van der Waals surface area contributed by atoms with Crippen molar-refractivity contribution in [3.63, 3.8) is 0 Å². The minimum atomic E-state index is -0.416. The van der Waals surface area contributed by atoms with Crippen LogP contribution in [-0.2, 0) is 0 Å². The van der Waals surface area contributed by atoms with Crippen LogP contribution in [0.25, 0.3) is 0 Å². The highest BCUT2D eigenvalue weighted by atomic mass is 35.5. The summed E-state index contributed by atoms with van der Waals surface area (Å²) in [6.45, 7) is 0. The predicted molar refractivity (Wildman–Crippen MR) is 91.3 cm³/mol. The number of thioether (sulfide) groups is 1. The molecule has 2 aromatic heterocycles. The van der Waals surface area contributed by atoms with Crippen molar-refractivity contribution in [2.75, 3.05) is 11.2 Å². The van der Waals surface area contributed by atoms with Crippen molar-refractivity contribution >= 4 is 40.6 Å². The van der Waals surface area contributed by atoms with Crippen molar-refractivity contribution in [2.45, 2.75) is 5.16 Å². The summed E-state index contributed by atoms with van der Waals surface area (Å²) in [7, 11) is 0. The quantitative estimate of drug-likeness (QED) is 0.498. The number of halogens is 2. The first-order valence-corrected chi connectivity index (χ1v) is 8.31. The Kier molecular flexibility index (Phi) is 4.73. The number of aromatic nitrogens is 3. The normalized spacial score (nSPS) is 10.6. The third-order valence-electron chi connectivity index (χ3n) is 3.04. The van der Waals surface area contributed by atoms with Crippen molar-refractivity contribution < 1.29 is 4.39 Å². The van der Waals surface area contributed by atoms with E-state index < -0.39 is 5.82 Å². The lowest BCUT2D eigenvalue weighted by molar-refractivity contribution is 0.628. The van der Waals surface area contributed by atoms with Crippen LogP contribution in [0.5, 0.6) is 0 Å². The molecule has 0 radical (unpaired) electrons. The van der Waals surface area contributed by atoms with Crippen LogP contribution in [-0.4, -0.2) is 21.2 Å². The Morgan fingerprint density at radius 1 is 1.13 bits per heavy atom. The van der Waals surface area contributed by atoms with E-state index in [9.17, 15) is 4.39 Å². The number of pyridine rings is 1. The van der Waals surface area contributed by atoms with Crippen molar-refractivity contribution in [3.8, 4) is 0 Å². The molecule has 0 fully saturated rings. The van der Waals surface area contributed by atoms with E-state index in [1.54, 1.807) is 41.7 Å². The van der Waals surface area contributed by atoms with Crippen molar-refractivity contribution in [2.24, 2.45) is 0 Å². The van der Waals surface area contributed by atoms with Crippen LogP contribution in [0, 0.1) is 5.82 Å². The second-order valence-electron chi connectivity index (χ2n) is 4.58. The van der Waals surface area contributed by atoms with Gasteiger partial charge < -0.3 is 0 Å². The third-order valence-corrected chi connectivity index (χ3v) is 3.82. The Hall–Kier alpha value is -2.18. The summed E-state index contributed by atoms with van der Waals surface area (Å²) in [5, 5.41) is 0.937. The average Bonchev–Trinajstić information content (AvgIpc) is 2.55. The van der Waals surface area contributed by atoms with Crippen LogP contribution in [0.4, 0.5) is 21.6 Å². The third kappa shape index (κ3) is 3.60. The van der Waals surface area contributed by atoms with E-state index in [1.165, 1.54) is 23.9 Å². The standard InChI is InChI=1S/C16H12ClFN4S/c1-23-16-20-6-4-15(21-16)22(13-3-2-5-19-10-13)14-8-11(17)7-12(18)9-14/h2-10H,1H3. The van der Waals surface area contributed by atoms with Gasteiger partial charge in [-0.15, -0.1) is 0 Å². The van der Waals surface area contributed by atoms with E-state index in [-0.39, 0.29) is 0 Å². The lowest BCUT2D eigenvalue weighted by atomic mass is 10.2. The molecule has 0 unspecified atom stereocenters. The Balaban J connectivity index is 2.17. The number of hydrogen-bond donors (Lipinski definition) is 0. The second kappa shape index (κ2) is 6.93. The summed E-state index contributed by atoms with van der Waals surface area (Å²) in [6, 6.07) is 9.77. The van der Waals surface area contributed by atoms with Crippen molar-refractivity contribution in [1.29, 1.82) is 0 Å². The molecule has 4 nitrogen and oxygen atoms in total. The van der Waals surface area contributed by atoms with Gasteiger partial charge in [0.05, 0.1) is 17.6 Å². The minimum absolute atomic E-state index is 0.313. The van der Waals surface area contributed by atoms with E-state index in [4.69, 9.17) is 11.6 Å². The number of anilines is 3. The molecule has 3 rings (SSSR count). The molecule has 0 spiro atoms. The number of benzene rings is 1. The van der Waals surface area contributed by atoms with Gasteiger partial charge in [-0.1, -0.05) is 23.4 Å². The summed E-state index contributed by atoms with van der Waals surface area (Å²) in [4.78, 5) is 14.6. The smallest absolute Gasteiger partial charge is 0.189 e. The lowest BCUT2D eigenvalue weighted by Gasteiger charge is -2.24. The van der Waals surface area contributed by atoms with Crippen LogP contribution < -0.4 is 4.90 Å². The Morgan fingerprint density at radius 3 is 2.70 bits per heavy atom. The molecule has 0 aliphatic carbocycles. The minimum Gasteiger partial charge on any atom is -0.293 e. The first-order chi connectivity index (χ1) is 11.2. The molecule has 0 saturated heterocycles. The maximum atomic E-state index is 13.8. The van der Waals surface area contributed by atoms with Gasteiger partial charge in [-0.3, -0.25) is 9.88 Å². The molecule has 0 aliphatic heterocycles. The SMILES string of the molecule is CSc1nccc(N(c2cccnc2)c2cc(F)cc(Cl)c2)n1. The second-order valence-corrected chi connectivity index (χ2v) is 5.79. The van der Waals surface area contributed by atoms with Crippen LogP contribution in [0.3, 0.4) is 0 Å². The molecule has 3 aromatic rings. The van der Waals surface area contributed by atoms with Gasteiger partial charge in [0.25, 0.3) is 0 Å². The summed E-state index contributed by atoms with van der Waals surface area (Å²) in [6.07, 6.45) is 6.91. The molecule has 23 heavy (non-hydrogen) atoms. The van der Waals surface area contributed by atoms with Crippen LogP contribution in [0.2, 0.25) is 5.02 Å². The summed E-state index contributed by atoms with van der Waals surface area (Å²) in [5.74, 6) is 0.194. The zero-order valence-corrected chi connectivity index (χ0v) is 13.7. The highest BCUT2D eigenvalue weighted by Gasteiger charge is 2.16. The molecule has 0 N–H and O–H groups in total. The summed E-state index contributed by atoms with van der Waals surface area (Å²) in [5.41, 5.74) is 1.31. The zero-order chi connectivity index (χ0) is 16.2. The lowest BCUT2D eigenvalue weighted by Crippen LogP contribution is -2.12. The van der Waals surface area contributed by atoms with Gasteiger partial charge in [-0.25, -0.2) is 14.4 Å². The topological polar surface area (TPSA) is 41.9 Å². The van der Waals surface area contributed by atoms with Gasteiger partial charge >= 0.3 is 0 Å². The van der Waals surface area contributed by atoms with Gasteiger partial charge in [0.15, 0.2) is 5.16 Å². The first kappa shape index (κ1) is 15.7. The van der Waals surface area contributed by atoms with Gasteiger partial charge in [0.2, 0.25) is 0 Å². The van der Waals surface area contributed by atoms with Gasteiger partial charge in [0.1, 0.15) is 11.6 Å². The molecule has 116 valence electrons. The van der Waals surface area contributed by atoms with Gasteiger partial charge in [-0.05, 0) is 42.7 Å². The number of nitrogens with zero attached hydrogens (tertiary/aromatic N) is 4. The molecule has 1 aromatic carbocycles. The fraction of sp³-hybridized carbons (Fsp3) is 0.0625. The maximum Gasteiger partial charge on any atom is 0.189 e. The number of hydrogen-bond acceptors (Lipinski definition) is 5. The van der Waals surface area contributed by atoms with E-state index in [0.717, 1.165) is 5.69 Å². The zero-order valence-electron chi connectivity index (χ0n) is 12.1. The molecule has 2 heterocycles. The van der Waals surface area contributed by atoms with E-state index >= 15 is 0 Å². The monoisotopic (exact) mass is 346 g/mol. The van der Waals surface area contributed by atoms with E-state index in [2.05, 4.69) is 15.0 Å². The predicted octanol–water partition coefficient (Wildman–Crippen LogP) is 4.86. The Labute approximate surface area is 142 Å². The van der Waals surface area contributed by atoms with Crippen LogP contribution in [0.15, 0.2) is 60.1 Å². The molecule has 0 atom stereocenters.